The highest BCUT2D eigenvalue weighted by Crippen LogP contribution is 2.26. The van der Waals surface area contributed by atoms with Gasteiger partial charge in [0.15, 0.2) is 4.96 Å². The van der Waals surface area contributed by atoms with Crippen molar-refractivity contribution >= 4 is 22.2 Å². The van der Waals surface area contributed by atoms with Crippen LogP contribution in [0.5, 0.6) is 5.75 Å². The van der Waals surface area contributed by atoms with E-state index in [1.54, 1.807) is 11.3 Å². The Morgan fingerprint density at radius 1 is 1.43 bits per heavy atom. The first-order chi connectivity index (χ1) is 11.3. The number of hydrogen-bond acceptors (Lipinski definition) is 4. The van der Waals surface area contributed by atoms with Gasteiger partial charge in [0.05, 0.1) is 18.8 Å². The average molecular weight is 327 g/mol. The Bertz CT molecular complexity index is 811. The van der Waals surface area contributed by atoms with E-state index in [1.807, 2.05) is 46.4 Å². The van der Waals surface area contributed by atoms with Gasteiger partial charge in [-0.15, -0.1) is 11.3 Å². The SMILES string of the molecule is O=C(NCc1cn2ccsc2n1)[C@@H]1CCOc2ccccc2C1. The van der Waals surface area contributed by atoms with Gasteiger partial charge in [0, 0.05) is 23.7 Å². The summed E-state index contributed by atoms with van der Waals surface area (Å²) in [6.45, 7) is 1.04. The first-order valence-electron chi connectivity index (χ1n) is 7.69. The fourth-order valence-electron chi connectivity index (χ4n) is 2.90. The van der Waals surface area contributed by atoms with Crippen LogP contribution in [-0.4, -0.2) is 21.9 Å². The van der Waals surface area contributed by atoms with Crippen LogP contribution < -0.4 is 10.1 Å². The maximum atomic E-state index is 12.5. The number of carbonyl (C=O) groups excluding carboxylic acids is 1. The molecular weight excluding hydrogens is 310 g/mol. The van der Waals surface area contributed by atoms with E-state index in [0.717, 1.165) is 34.8 Å². The molecule has 1 aromatic carbocycles. The number of nitrogens with one attached hydrogen (secondary N) is 1. The standard InChI is InChI=1S/C17H17N3O2S/c21-16(18-10-14-11-20-6-8-23-17(20)19-14)13-5-7-22-15-4-2-1-3-12(15)9-13/h1-4,6,8,11,13H,5,7,9-10H2,(H,18,21)/t13-/m1/s1. The highest BCUT2D eigenvalue weighted by Gasteiger charge is 2.23. The summed E-state index contributed by atoms with van der Waals surface area (Å²) in [7, 11) is 0. The molecule has 0 saturated heterocycles. The van der Waals surface area contributed by atoms with Crippen molar-refractivity contribution in [2.24, 2.45) is 5.92 Å². The lowest BCUT2D eigenvalue weighted by molar-refractivity contribution is -0.125. The number of carbonyl (C=O) groups is 1. The van der Waals surface area contributed by atoms with E-state index >= 15 is 0 Å². The lowest BCUT2D eigenvalue weighted by Crippen LogP contribution is -2.31. The maximum absolute atomic E-state index is 12.5. The summed E-state index contributed by atoms with van der Waals surface area (Å²) in [5, 5.41) is 5.01. The Morgan fingerprint density at radius 3 is 3.26 bits per heavy atom. The zero-order valence-corrected chi connectivity index (χ0v) is 13.4. The first kappa shape index (κ1) is 14.3. The van der Waals surface area contributed by atoms with E-state index < -0.39 is 0 Å². The van der Waals surface area contributed by atoms with Crippen LogP contribution in [0.15, 0.2) is 42.0 Å². The number of benzene rings is 1. The number of para-hydroxylation sites is 1. The summed E-state index contributed by atoms with van der Waals surface area (Å²) in [5.74, 6) is 0.918. The quantitative estimate of drug-likeness (QED) is 0.804. The van der Waals surface area contributed by atoms with Crippen molar-refractivity contribution in [2.45, 2.75) is 19.4 Å². The monoisotopic (exact) mass is 327 g/mol. The van der Waals surface area contributed by atoms with Crippen LogP contribution in [0.4, 0.5) is 0 Å². The zero-order chi connectivity index (χ0) is 15.6. The van der Waals surface area contributed by atoms with Gasteiger partial charge in [-0.05, 0) is 24.5 Å². The molecule has 0 unspecified atom stereocenters. The van der Waals surface area contributed by atoms with Gasteiger partial charge < -0.3 is 10.1 Å². The van der Waals surface area contributed by atoms with Gasteiger partial charge in [-0.2, -0.15) is 0 Å². The molecule has 2 aromatic heterocycles. The molecule has 1 aliphatic heterocycles. The molecule has 4 rings (SSSR count). The van der Waals surface area contributed by atoms with Gasteiger partial charge in [-0.1, -0.05) is 18.2 Å². The Balaban J connectivity index is 1.41. The third-order valence-corrected chi connectivity index (χ3v) is 4.89. The predicted octanol–water partition coefficient (Wildman–Crippen LogP) is 2.65. The van der Waals surface area contributed by atoms with Gasteiger partial charge in [-0.3, -0.25) is 9.20 Å². The minimum Gasteiger partial charge on any atom is -0.493 e. The number of imidazole rings is 1. The largest absolute Gasteiger partial charge is 0.493 e. The molecule has 1 aliphatic rings. The van der Waals surface area contributed by atoms with E-state index in [2.05, 4.69) is 10.3 Å². The molecule has 0 saturated carbocycles. The Labute approximate surface area is 137 Å². The number of thiazole rings is 1. The molecule has 0 radical (unpaired) electrons. The fourth-order valence-corrected chi connectivity index (χ4v) is 3.62. The van der Waals surface area contributed by atoms with Crippen molar-refractivity contribution in [3.8, 4) is 5.75 Å². The average Bonchev–Trinajstić information content (AvgIpc) is 3.07. The molecule has 23 heavy (non-hydrogen) atoms. The molecule has 0 aliphatic carbocycles. The second-order valence-corrected chi connectivity index (χ2v) is 6.56. The van der Waals surface area contributed by atoms with E-state index in [1.165, 1.54) is 0 Å². The summed E-state index contributed by atoms with van der Waals surface area (Å²) in [6.07, 6.45) is 5.38. The van der Waals surface area contributed by atoms with Crippen molar-refractivity contribution in [3.63, 3.8) is 0 Å². The molecule has 3 heterocycles. The van der Waals surface area contributed by atoms with E-state index in [-0.39, 0.29) is 11.8 Å². The van der Waals surface area contributed by atoms with Crippen LogP contribution >= 0.6 is 11.3 Å². The second kappa shape index (κ2) is 6.04. The minimum absolute atomic E-state index is 0.0533. The lowest BCUT2D eigenvalue weighted by Gasteiger charge is -2.13. The molecule has 0 fully saturated rings. The van der Waals surface area contributed by atoms with Crippen LogP contribution in [0.25, 0.3) is 4.96 Å². The number of amides is 1. The topological polar surface area (TPSA) is 55.6 Å². The molecule has 3 aromatic rings. The maximum Gasteiger partial charge on any atom is 0.223 e. The van der Waals surface area contributed by atoms with Crippen molar-refractivity contribution in [3.05, 3.63) is 53.3 Å². The summed E-state index contributed by atoms with van der Waals surface area (Å²) >= 11 is 1.59. The zero-order valence-electron chi connectivity index (χ0n) is 12.6. The van der Waals surface area contributed by atoms with Crippen LogP contribution in [0.1, 0.15) is 17.7 Å². The van der Waals surface area contributed by atoms with Crippen LogP contribution in [0.3, 0.4) is 0 Å². The van der Waals surface area contributed by atoms with Gasteiger partial charge in [-0.25, -0.2) is 4.98 Å². The normalized spacial score (nSPS) is 17.3. The molecule has 0 bridgehead atoms. The Morgan fingerprint density at radius 2 is 2.35 bits per heavy atom. The molecule has 1 amide bonds. The molecule has 1 N–H and O–H groups in total. The molecule has 5 nitrogen and oxygen atoms in total. The van der Waals surface area contributed by atoms with Gasteiger partial charge in [0.1, 0.15) is 5.75 Å². The fraction of sp³-hybridized carbons (Fsp3) is 0.294. The second-order valence-electron chi connectivity index (χ2n) is 5.69. The number of fused-ring (bicyclic) bond motifs is 2. The number of aromatic nitrogens is 2. The van der Waals surface area contributed by atoms with Crippen LogP contribution in [0.2, 0.25) is 0 Å². The third-order valence-electron chi connectivity index (χ3n) is 4.12. The van der Waals surface area contributed by atoms with Crippen molar-refractivity contribution < 1.29 is 9.53 Å². The number of rotatable bonds is 3. The molecule has 118 valence electrons. The summed E-state index contributed by atoms with van der Waals surface area (Å²) in [4.78, 5) is 17.9. The highest BCUT2D eigenvalue weighted by atomic mass is 32.1. The van der Waals surface area contributed by atoms with E-state index in [9.17, 15) is 4.79 Å². The number of hydrogen-bond donors (Lipinski definition) is 1. The predicted molar refractivity (Wildman–Crippen MR) is 88.7 cm³/mol. The van der Waals surface area contributed by atoms with Crippen molar-refractivity contribution in [1.82, 2.24) is 14.7 Å². The smallest absolute Gasteiger partial charge is 0.223 e. The lowest BCUT2D eigenvalue weighted by atomic mass is 9.96. The Kier molecular flexibility index (Phi) is 3.75. The molecule has 6 heteroatoms. The third kappa shape index (κ3) is 2.94. The molecule has 0 spiro atoms. The summed E-state index contributed by atoms with van der Waals surface area (Å²) in [5.41, 5.74) is 1.99. The Hall–Kier alpha value is -2.34. The molecule has 1 atom stereocenters. The van der Waals surface area contributed by atoms with Gasteiger partial charge >= 0.3 is 0 Å². The summed E-state index contributed by atoms with van der Waals surface area (Å²) < 4.78 is 7.70. The van der Waals surface area contributed by atoms with E-state index in [4.69, 9.17) is 4.74 Å². The molecular formula is C17H17N3O2S. The van der Waals surface area contributed by atoms with Crippen LogP contribution in [-0.2, 0) is 17.8 Å². The minimum atomic E-state index is -0.0533. The van der Waals surface area contributed by atoms with Gasteiger partial charge in [0.2, 0.25) is 5.91 Å². The van der Waals surface area contributed by atoms with E-state index in [0.29, 0.717) is 13.2 Å². The van der Waals surface area contributed by atoms with Crippen molar-refractivity contribution in [1.29, 1.82) is 0 Å². The highest BCUT2D eigenvalue weighted by molar-refractivity contribution is 7.15. The van der Waals surface area contributed by atoms with Crippen LogP contribution in [0, 0.1) is 5.92 Å². The summed E-state index contributed by atoms with van der Waals surface area (Å²) in [6, 6.07) is 7.95. The number of ether oxygens (including phenoxy) is 1. The number of nitrogens with zero attached hydrogens (tertiary/aromatic N) is 2. The first-order valence-corrected chi connectivity index (χ1v) is 8.57. The van der Waals surface area contributed by atoms with Crippen molar-refractivity contribution in [2.75, 3.05) is 6.61 Å². The van der Waals surface area contributed by atoms with Gasteiger partial charge in [0.25, 0.3) is 0 Å².